The molecule has 0 aromatic carbocycles. The maximum Gasteiger partial charge on any atom is 0.204 e. The van der Waals surface area contributed by atoms with Gasteiger partial charge in [-0.2, -0.15) is 5.26 Å². The van der Waals surface area contributed by atoms with Crippen molar-refractivity contribution in [2.45, 2.75) is 31.3 Å². The maximum atomic E-state index is 8.97. The van der Waals surface area contributed by atoms with Gasteiger partial charge in [-0.15, -0.1) is 0 Å². The minimum Gasteiger partial charge on any atom is -0.444 e. The molecule has 2 aromatic rings. The lowest BCUT2D eigenvalue weighted by Crippen LogP contribution is -2.42. The van der Waals surface area contributed by atoms with E-state index in [1.54, 1.807) is 12.3 Å². The van der Waals surface area contributed by atoms with Crippen LogP contribution >= 0.6 is 15.9 Å². The molecule has 2 atom stereocenters. The summed E-state index contributed by atoms with van der Waals surface area (Å²) >= 11 is 3.60. The number of aromatic nitrogens is 1. The molecule has 0 unspecified atom stereocenters. The number of nitriles is 1. The monoisotopic (exact) mass is 390 g/mol. The molecule has 3 heterocycles. The van der Waals surface area contributed by atoms with Crippen LogP contribution in [0.2, 0.25) is 0 Å². The first-order valence-corrected chi connectivity index (χ1v) is 9.10. The predicted octanol–water partition coefficient (Wildman–Crippen LogP) is 3.13. The molecule has 2 aliphatic rings. The van der Waals surface area contributed by atoms with Crippen molar-refractivity contribution in [1.82, 2.24) is 9.88 Å². The Kier molecular flexibility index (Phi) is 4.44. The normalized spacial score (nSPS) is 25.0. The third-order valence-electron chi connectivity index (χ3n) is 4.93. The summed E-state index contributed by atoms with van der Waals surface area (Å²) in [5, 5.41) is 13.4. The van der Waals surface area contributed by atoms with Crippen molar-refractivity contribution in [3.05, 3.63) is 22.5 Å². The molecule has 0 radical (unpaired) electrons. The van der Waals surface area contributed by atoms with E-state index in [0.29, 0.717) is 23.4 Å². The quantitative estimate of drug-likeness (QED) is 0.867. The second kappa shape index (κ2) is 6.71. The van der Waals surface area contributed by atoms with Crippen molar-refractivity contribution in [1.29, 1.82) is 5.26 Å². The van der Waals surface area contributed by atoms with E-state index in [1.165, 1.54) is 6.42 Å². The van der Waals surface area contributed by atoms with Crippen LogP contribution in [0.3, 0.4) is 0 Å². The van der Waals surface area contributed by atoms with Crippen molar-refractivity contribution in [2.75, 3.05) is 31.6 Å². The number of morpholine rings is 1. The van der Waals surface area contributed by atoms with E-state index < -0.39 is 0 Å². The average Bonchev–Trinajstić information content (AvgIpc) is 3.25. The zero-order valence-corrected chi connectivity index (χ0v) is 14.9. The molecule has 2 fully saturated rings. The fourth-order valence-electron chi connectivity index (χ4n) is 3.69. The Balaban J connectivity index is 1.46. The Hall–Kier alpha value is -1.62. The fourth-order valence-corrected chi connectivity index (χ4v) is 4.22. The maximum absolute atomic E-state index is 8.97. The smallest absolute Gasteiger partial charge is 0.204 e. The van der Waals surface area contributed by atoms with Crippen LogP contribution in [-0.2, 0) is 4.74 Å². The van der Waals surface area contributed by atoms with Gasteiger partial charge in [-0.25, -0.2) is 4.98 Å². The van der Waals surface area contributed by atoms with E-state index in [0.717, 1.165) is 54.8 Å². The first kappa shape index (κ1) is 15.9. The molecule has 1 saturated heterocycles. The minimum atomic E-state index is 0.304. The van der Waals surface area contributed by atoms with E-state index in [1.807, 2.05) is 6.07 Å². The zero-order valence-electron chi connectivity index (χ0n) is 13.3. The molecule has 1 aliphatic heterocycles. The summed E-state index contributed by atoms with van der Waals surface area (Å²) in [6.07, 6.45) is 5.16. The number of ether oxygens (including phenoxy) is 1. The van der Waals surface area contributed by atoms with Crippen molar-refractivity contribution in [2.24, 2.45) is 0 Å². The van der Waals surface area contributed by atoms with Crippen LogP contribution in [0.5, 0.6) is 0 Å². The van der Waals surface area contributed by atoms with Crippen LogP contribution in [0.4, 0.5) is 5.82 Å². The lowest BCUT2D eigenvalue weighted by molar-refractivity contribution is 0.0179. The molecule has 1 saturated carbocycles. The summed E-state index contributed by atoms with van der Waals surface area (Å²) in [7, 11) is 0. The molecular weight excluding hydrogens is 372 g/mol. The van der Waals surface area contributed by atoms with Gasteiger partial charge in [0.05, 0.1) is 23.9 Å². The van der Waals surface area contributed by atoms with Gasteiger partial charge in [-0.1, -0.05) is 0 Å². The van der Waals surface area contributed by atoms with Crippen molar-refractivity contribution < 1.29 is 9.15 Å². The molecule has 24 heavy (non-hydrogen) atoms. The summed E-state index contributed by atoms with van der Waals surface area (Å²) in [5.41, 5.74) is 0.626. The van der Waals surface area contributed by atoms with Crippen molar-refractivity contribution in [3.8, 4) is 6.07 Å². The molecule has 4 rings (SSSR count). The van der Waals surface area contributed by atoms with Crippen LogP contribution < -0.4 is 5.32 Å². The SMILES string of the molecule is N#Cc1cc2c(Br)c(N[C@H]3CC[C@@H](N4CCOCC4)C3)ncc2o1. The molecule has 1 N–H and O–H groups in total. The number of halogens is 1. The molecule has 6 nitrogen and oxygen atoms in total. The third kappa shape index (κ3) is 3.02. The highest BCUT2D eigenvalue weighted by Crippen LogP contribution is 2.34. The molecule has 126 valence electrons. The van der Waals surface area contributed by atoms with Gasteiger partial charge in [0.1, 0.15) is 11.9 Å². The molecule has 1 aliphatic carbocycles. The van der Waals surface area contributed by atoms with Gasteiger partial charge in [0.2, 0.25) is 5.76 Å². The van der Waals surface area contributed by atoms with Crippen molar-refractivity contribution >= 4 is 32.7 Å². The van der Waals surface area contributed by atoms with Gasteiger partial charge in [-0.3, -0.25) is 4.90 Å². The Labute approximate surface area is 148 Å². The first-order chi connectivity index (χ1) is 11.7. The Morgan fingerprint density at radius 1 is 1.33 bits per heavy atom. The third-order valence-corrected chi connectivity index (χ3v) is 5.74. The van der Waals surface area contributed by atoms with Gasteiger partial charge in [0.25, 0.3) is 0 Å². The number of anilines is 1. The van der Waals surface area contributed by atoms with E-state index in [4.69, 9.17) is 14.4 Å². The van der Waals surface area contributed by atoms with Crippen LogP contribution in [0.1, 0.15) is 25.0 Å². The zero-order chi connectivity index (χ0) is 16.5. The number of nitrogens with zero attached hydrogens (tertiary/aromatic N) is 3. The number of hydrogen-bond acceptors (Lipinski definition) is 6. The van der Waals surface area contributed by atoms with E-state index in [9.17, 15) is 0 Å². The molecular formula is C17H19BrN4O2. The van der Waals surface area contributed by atoms with Crippen molar-refractivity contribution in [3.63, 3.8) is 0 Å². The van der Waals surface area contributed by atoms with Gasteiger partial charge >= 0.3 is 0 Å². The largest absolute Gasteiger partial charge is 0.444 e. The average molecular weight is 391 g/mol. The van der Waals surface area contributed by atoms with Gasteiger partial charge in [-0.05, 0) is 35.2 Å². The Bertz CT molecular complexity index is 779. The summed E-state index contributed by atoms with van der Waals surface area (Å²) < 4.78 is 11.7. The summed E-state index contributed by atoms with van der Waals surface area (Å²) in [6, 6.07) is 4.82. The molecule has 7 heteroatoms. The van der Waals surface area contributed by atoms with Gasteiger partial charge in [0.15, 0.2) is 5.58 Å². The summed E-state index contributed by atoms with van der Waals surface area (Å²) in [5.74, 6) is 1.12. The number of pyridine rings is 1. The second-order valence-corrected chi connectivity index (χ2v) is 7.17. The standard InChI is InChI=1S/C17H19BrN4O2/c18-16-14-8-13(9-19)24-15(14)10-20-17(16)21-11-1-2-12(7-11)22-3-5-23-6-4-22/h8,10-12H,1-7H2,(H,20,21)/t11-,12+/m0/s1. The van der Waals surface area contributed by atoms with E-state index in [-0.39, 0.29) is 0 Å². The highest BCUT2D eigenvalue weighted by atomic mass is 79.9. The Morgan fingerprint density at radius 3 is 2.96 bits per heavy atom. The highest BCUT2D eigenvalue weighted by molar-refractivity contribution is 9.10. The van der Waals surface area contributed by atoms with E-state index in [2.05, 4.69) is 31.1 Å². The first-order valence-electron chi connectivity index (χ1n) is 8.31. The topological polar surface area (TPSA) is 74.3 Å². The summed E-state index contributed by atoms with van der Waals surface area (Å²) in [6.45, 7) is 3.77. The second-order valence-electron chi connectivity index (χ2n) is 6.38. The van der Waals surface area contributed by atoms with Crippen LogP contribution in [0.15, 0.2) is 21.2 Å². The molecule has 0 amide bonds. The van der Waals surface area contributed by atoms with Gasteiger partial charge < -0.3 is 14.5 Å². The van der Waals surface area contributed by atoms with Crippen LogP contribution in [0, 0.1) is 11.3 Å². The summed E-state index contributed by atoms with van der Waals surface area (Å²) in [4.78, 5) is 7.01. The lowest BCUT2D eigenvalue weighted by atomic mass is 10.2. The Morgan fingerprint density at radius 2 is 2.17 bits per heavy atom. The fraction of sp³-hybridized carbons (Fsp3) is 0.529. The number of furan rings is 1. The molecule has 0 spiro atoms. The number of fused-ring (bicyclic) bond motifs is 1. The molecule has 0 bridgehead atoms. The van der Waals surface area contributed by atoms with Crippen LogP contribution in [-0.4, -0.2) is 48.3 Å². The predicted molar refractivity (Wildman–Crippen MR) is 93.9 cm³/mol. The van der Waals surface area contributed by atoms with E-state index >= 15 is 0 Å². The lowest BCUT2D eigenvalue weighted by Gasteiger charge is -2.32. The number of rotatable bonds is 3. The number of hydrogen-bond donors (Lipinski definition) is 1. The van der Waals surface area contributed by atoms with Gasteiger partial charge in [0, 0.05) is 36.6 Å². The minimum absolute atomic E-state index is 0.304. The number of nitrogens with one attached hydrogen (secondary N) is 1. The molecule has 2 aromatic heterocycles. The highest BCUT2D eigenvalue weighted by Gasteiger charge is 2.30. The van der Waals surface area contributed by atoms with Crippen LogP contribution in [0.25, 0.3) is 11.0 Å².